The van der Waals surface area contributed by atoms with Crippen molar-refractivity contribution >= 4 is 11.9 Å². The molecule has 2 heterocycles. The van der Waals surface area contributed by atoms with Crippen LogP contribution >= 0.6 is 0 Å². The molecule has 0 radical (unpaired) electrons. The molecule has 7 nitrogen and oxygen atoms in total. The van der Waals surface area contributed by atoms with E-state index in [1.54, 1.807) is 13.8 Å². The summed E-state index contributed by atoms with van der Waals surface area (Å²) < 4.78 is 10.8. The van der Waals surface area contributed by atoms with E-state index in [9.17, 15) is 24.9 Å². The number of rotatable bonds is 2. The summed E-state index contributed by atoms with van der Waals surface area (Å²) in [6, 6.07) is 0. The molecule has 0 aromatic heterocycles. The first-order valence-electron chi connectivity index (χ1n) is 7.30. The number of aliphatic hydroxyl groups excluding tert-OH is 1. The fraction of sp³-hybridized carbons (Fsp3) is 0.733. The Morgan fingerprint density at radius 3 is 2.64 bits per heavy atom. The van der Waals surface area contributed by atoms with E-state index in [0.717, 1.165) is 0 Å². The Morgan fingerprint density at radius 1 is 1.45 bits per heavy atom. The van der Waals surface area contributed by atoms with E-state index in [1.165, 1.54) is 0 Å². The molecular weight excluding hydrogens is 292 g/mol. The van der Waals surface area contributed by atoms with Crippen molar-refractivity contribution in [2.75, 3.05) is 0 Å². The van der Waals surface area contributed by atoms with Crippen LogP contribution in [0.5, 0.6) is 0 Å². The zero-order valence-corrected chi connectivity index (χ0v) is 12.3. The minimum Gasteiger partial charge on any atom is -0.481 e. The third kappa shape index (κ3) is 1.09. The standard InChI is InChI=1S/C15H18O7/c1-5(2)7-8(11(17)18)14(20)4-6-15(22-6)12(19)21-10(9(7)16)13(14,15)3/h6-10,16,20H,1,4H2,2-3H3,(H,17,18)/t6-,7+,8-,9-,10-,13-,14-,15+/m1/s1. The van der Waals surface area contributed by atoms with Gasteiger partial charge in [-0.1, -0.05) is 12.2 Å². The zero-order valence-electron chi connectivity index (χ0n) is 12.3. The molecule has 2 saturated carbocycles. The van der Waals surface area contributed by atoms with Gasteiger partial charge in [0.15, 0.2) is 0 Å². The van der Waals surface area contributed by atoms with Crippen molar-refractivity contribution in [2.24, 2.45) is 17.3 Å². The molecule has 3 N–H and O–H groups in total. The lowest BCUT2D eigenvalue weighted by molar-refractivity contribution is -0.236. The molecule has 0 unspecified atom stereocenters. The van der Waals surface area contributed by atoms with Gasteiger partial charge in [0.25, 0.3) is 0 Å². The van der Waals surface area contributed by atoms with E-state index >= 15 is 0 Å². The summed E-state index contributed by atoms with van der Waals surface area (Å²) in [7, 11) is 0. The molecule has 8 atom stereocenters. The molecule has 4 rings (SSSR count). The molecule has 0 amide bonds. The van der Waals surface area contributed by atoms with Crippen molar-refractivity contribution in [1.82, 2.24) is 0 Å². The number of carbonyl (C=O) groups is 2. The van der Waals surface area contributed by atoms with Crippen LogP contribution in [-0.4, -0.2) is 56.8 Å². The second-order valence-electron chi connectivity index (χ2n) is 7.18. The van der Waals surface area contributed by atoms with Gasteiger partial charge in [0.2, 0.25) is 5.60 Å². The van der Waals surface area contributed by atoms with Crippen LogP contribution in [0.15, 0.2) is 12.2 Å². The number of ether oxygens (including phenoxy) is 2. The van der Waals surface area contributed by atoms with E-state index in [1.807, 2.05) is 0 Å². The topological polar surface area (TPSA) is 117 Å². The highest BCUT2D eigenvalue weighted by molar-refractivity contribution is 5.90. The lowest BCUT2D eigenvalue weighted by atomic mass is 9.52. The van der Waals surface area contributed by atoms with Crippen LogP contribution in [0.4, 0.5) is 0 Å². The first kappa shape index (κ1) is 14.2. The van der Waals surface area contributed by atoms with Crippen molar-refractivity contribution in [3.8, 4) is 0 Å². The highest BCUT2D eigenvalue weighted by atomic mass is 16.7. The smallest absolute Gasteiger partial charge is 0.342 e. The van der Waals surface area contributed by atoms with Crippen LogP contribution in [0.25, 0.3) is 0 Å². The monoisotopic (exact) mass is 310 g/mol. The third-order valence-corrected chi connectivity index (χ3v) is 6.38. The molecule has 0 bridgehead atoms. The van der Waals surface area contributed by atoms with Crippen LogP contribution < -0.4 is 0 Å². The highest BCUT2D eigenvalue weighted by Crippen LogP contribution is 2.75. The molecule has 2 aliphatic carbocycles. The first-order valence-corrected chi connectivity index (χ1v) is 7.30. The fourth-order valence-electron chi connectivity index (χ4n) is 5.30. The van der Waals surface area contributed by atoms with Gasteiger partial charge in [-0.05, 0) is 13.8 Å². The molecule has 0 aromatic carbocycles. The Hall–Kier alpha value is -1.44. The summed E-state index contributed by atoms with van der Waals surface area (Å²) >= 11 is 0. The second kappa shape index (κ2) is 3.55. The minimum absolute atomic E-state index is 0.0442. The highest BCUT2D eigenvalue weighted by Gasteiger charge is 2.93. The molecule has 2 saturated heterocycles. The Morgan fingerprint density at radius 2 is 2.09 bits per heavy atom. The molecule has 4 fully saturated rings. The van der Waals surface area contributed by atoms with Gasteiger partial charge in [-0.2, -0.15) is 0 Å². The van der Waals surface area contributed by atoms with Crippen LogP contribution in [0.1, 0.15) is 20.3 Å². The van der Waals surface area contributed by atoms with Crippen molar-refractivity contribution in [2.45, 2.75) is 49.8 Å². The summed E-state index contributed by atoms with van der Waals surface area (Å²) in [5, 5.41) is 31.6. The first-order chi connectivity index (χ1) is 10.1. The average molecular weight is 310 g/mol. The van der Waals surface area contributed by atoms with Crippen LogP contribution in [0, 0.1) is 17.3 Å². The van der Waals surface area contributed by atoms with Crippen molar-refractivity contribution in [3.63, 3.8) is 0 Å². The number of epoxide rings is 1. The number of carboxylic acids is 1. The van der Waals surface area contributed by atoms with E-state index in [2.05, 4.69) is 6.58 Å². The van der Waals surface area contributed by atoms with Crippen LogP contribution in [-0.2, 0) is 19.1 Å². The summed E-state index contributed by atoms with van der Waals surface area (Å²) in [6.07, 6.45) is -2.76. The van der Waals surface area contributed by atoms with Crippen LogP contribution in [0.2, 0.25) is 0 Å². The predicted molar refractivity (Wildman–Crippen MR) is 70.6 cm³/mol. The molecule has 7 heteroatoms. The van der Waals surface area contributed by atoms with E-state index in [-0.39, 0.29) is 6.42 Å². The van der Waals surface area contributed by atoms with Gasteiger partial charge in [-0.15, -0.1) is 0 Å². The Bertz CT molecular complexity index is 629. The number of carbonyl (C=O) groups excluding carboxylic acids is 1. The lowest BCUT2D eigenvalue weighted by Gasteiger charge is -2.54. The zero-order chi connectivity index (χ0) is 16.2. The summed E-state index contributed by atoms with van der Waals surface area (Å²) in [6.45, 7) is 6.95. The average Bonchev–Trinajstić information content (AvgIpc) is 3.01. The van der Waals surface area contributed by atoms with Gasteiger partial charge < -0.3 is 24.8 Å². The van der Waals surface area contributed by atoms with Crippen LogP contribution in [0.3, 0.4) is 0 Å². The number of esters is 1. The van der Waals surface area contributed by atoms with E-state index in [0.29, 0.717) is 5.57 Å². The van der Waals surface area contributed by atoms with Gasteiger partial charge in [0, 0.05) is 12.3 Å². The SMILES string of the molecule is C=C(C)[C@@H]1[C@@H](O)[C@H]2OC(=O)[C@@]34O[C@@H]3C[C@@](O)([C@H]1C(=O)O)[C@@]24C. The maximum atomic E-state index is 12.3. The van der Waals surface area contributed by atoms with Gasteiger partial charge in [-0.3, -0.25) is 4.79 Å². The maximum absolute atomic E-state index is 12.3. The molecule has 4 aliphatic rings. The van der Waals surface area contributed by atoms with Gasteiger partial charge in [-0.25, -0.2) is 4.79 Å². The molecular formula is C15H18O7. The Kier molecular flexibility index (Phi) is 2.29. The molecule has 22 heavy (non-hydrogen) atoms. The number of hydrogen-bond acceptors (Lipinski definition) is 6. The molecule has 120 valence electrons. The number of aliphatic carboxylic acids is 1. The van der Waals surface area contributed by atoms with Crippen molar-refractivity contribution < 1.29 is 34.4 Å². The normalized spacial score (nSPS) is 57.8. The minimum atomic E-state index is -1.69. The molecule has 2 aliphatic heterocycles. The fourth-order valence-corrected chi connectivity index (χ4v) is 5.30. The molecule has 1 spiro atoms. The van der Waals surface area contributed by atoms with Gasteiger partial charge in [0.1, 0.15) is 12.2 Å². The maximum Gasteiger partial charge on any atom is 0.342 e. The van der Waals surface area contributed by atoms with Gasteiger partial charge >= 0.3 is 11.9 Å². The summed E-state index contributed by atoms with van der Waals surface area (Å²) in [4.78, 5) is 24.1. The number of hydrogen-bond donors (Lipinski definition) is 3. The van der Waals surface area contributed by atoms with Crippen molar-refractivity contribution in [1.29, 1.82) is 0 Å². The number of aliphatic hydroxyl groups is 2. The Labute approximate surface area is 126 Å². The lowest BCUT2D eigenvalue weighted by Crippen LogP contribution is -2.70. The third-order valence-electron chi connectivity index (χ3n) is 6.38. The summed E-state index contributed by atoms with van der Waals surface area (Å²) in [5.41, 5.74) is -3.85. The largest absolute Gasteiger partial charge is 0.481 e. The molecule has 0 aromatic rings. The Balaban J connectivity index is 1.95. The van der Waals surface area contributed by atoms with E-state index in [4.69, 9.17) is 9.47 Å². The predicted octanol–water partition coefficient (Wildman–Crippen LogP) is -0.542. The van der Waals surface area contributed by atoms with Gasteiger partial charge in [0.05, 0.1) is 23.0 Å². The van der Waals surface area contributed by atoms with Crippen molar-refractivity contribution in [3.05, 3.63) is 12.2 Å². The quantitative estimate of drug-likeness (QED) is 0.356. The van der Waals surface area contributed by atoms with E-state index < -0.39 is 58.7 Å². The summed E-state index contributed by atoms with van der Waals surface area (Å²) in [5.74, 6) is -3.98. The second-order valence-corrected chi connectivity index (χ2v) is 7.18. The number of carboxylic acid groups (broad SMARTS) is 1.